The van der Waals surface area contributed by atoms with Crippen molar-refractivity contribution in [2.24, 2.45) is 0 Å². The van der Waals surface area contributed by atoms with Gasteiger partial charge in [0.2, 0.25) is 0 Å². The minimum atomic E-state index is 0.0447. The largest absolute Gasteiger partial charge is 0.0620 e. The van der Waals surface area contributed by atoms with Crippen molar-refractivity contribution >= 4 is 0 Å². The van der Waals surface area contributed by atoms with Crippen molar-refractivity contribution in [1.29, 1.82) is 0 Å². The monoisotopic (exact) mass is 426 g/mol. The third-order valence-electron chi connectivity index (χ3n) is 6.84. The van der Waals surface area contributed by atoms with Crippen LogP contribution in [0.1, 0.15) is 94.3 Å². The molecule has 0 amide bonds. The van der Waals surface area contributed by atoms with E-state index in [1.54, 1.807) is 0 Å². The molecule has 170 valence electrons. The van der Waals surface area contributed by atoms with Crippen LogP contribution in [0.25, 0.3) is 0 Å². The van der Waals surface area contributed by atoms with E-state index in [0.717, 1.165) is 12.8 Å². The number of hydrogen-bond donors (Lipinski definition) is 0. The Balaban J connectivity index is 2.01. The lowest BCUT2D eigenvalue weighted by molar-refractivity contribution is 0.508. The number of rotatable bonds is 5. The zero-order valence-electron chi connectivity index (χ0n) is 21.8. The first-order valence-electron chi connectivity index (χ1n) is 12.1. The number of hydrogen-bond acceptors (Lipinski definition) is 0. The zero-order valence-corrected chi connectivity index (χ0v) is 21.8. The first-order valence-corrected chi connectivity index (χ1v) is 12.1. The lowest BCUT2D eigenvalue weighted by Gasteiger charge is -2.32. The lowest BCUT2D eigenvalue weighted by atomic mass is 9.72. The summed E-state index contributed by atoms with van der Waals surface area (Å²) in [6.45, 7) is 21.0. The van der Waals surface area contributed by atoms with Crippen molar-refractivity contribution in [2.45, 2.75) is 91.4 Å². The maximum atomic E-state index is 2.46. The van der Waals surface area contributed by atoms with Gasteiger partial charge in [0.25, 0.3) is 0 Å². The molecular formula is C32H42. The van der Waals surface area contributed by atoms with Crippen LogP contribution in [-0.4, -0.2) is 0 Å². The first kappa shape index (κ1) is 24.3. The maximum Gasteiger partial charge on any atom is -0.00204 e. The van der Waals surface area contributed by atoms with Crippen LogP contribution >= 0.6 is 0 Å². The first-order chi connectivity index (χ1) is 14.8. The quantitative estimate of drug-likeness (QED) is 0.383. The smallest absolute Gasteiger partial charge is 0.00204 e. The molecule has 0 bridgehead atoms. The molecule has 0 aromatic heterocycles. The highest BCUT2D eigenvalue weighted by atomic mass is 14.3. The van der Waals surface area contributed by atoms with Crippen LogP contribution < -0.4 is 0 Å². The van der Waals surface area contributed by atoms with Gasteiger partial charge in [0.15, 0.2) is 0 Å². The van der Waals surface area contributed by atoms with Crippen LogP contribution in [0.4, 0.5) is 0 Å². The summed E-state index contributed by atoms with van der Waals surface area (Å²) in [5.74, 6) is 0. The predicted octanol–water partition coefficient (Wildman–Crippen LogP) is 8.70. The van der Waals surface area contributed by atoms with Crippen LogP contribution in [0.5, 0.6) is 0 Å². The Kier molecular flexibility index (Phi) is 6.75. The minimum Gasteiger partial charge on any atom is -0.0620 e. The van der Waals surface area contributed by atoms with Gasteiger partial charge in [-0.05, 0) is 75.0 Å². The maximum absolute atomic E-state index is 2.46. The van der Waals surface area contributed by atoms with E-state index in [0.29, 0.717) is 0 Å². The predicted molar refractivity (Wildman–Crippen MR) is 141 cm³/mol. The van der Waals surface area contributed by atoms with Crippen molar-refractivity contribution in [3.05, 3.63) is 106 Å². The van der Waals surface area contributed by atoms with Crippen molar-refractivity contribution in [1.82, 2.24) is 0 Å². The normalized spacial score (nSPS) is 12.8. The molecule has 0 fully saturated rings. The summed E-state index contributed by atoms with van der Waals surface area (Å²) in [6.07, 6.45) is 2.03. The Morgan fingerprint density at radius 2 is 0.969 bits per heavy atom. The molecule has 0 unspecified atom stereocenters. The standard InChI is InChI=1S/C32H42/c1-23-14-10-11-15-24(23)18-25-16-12-13-17-26(25)22-32(8,9)29-20-27(30(2,3)4)19-28(21-29)31(5,6)7/h10-17,19-21H,18,22H2,1-9H3. The molecule has 0 radical (unpaired) electrons. The molecule has 0 heteroatoms. The van der Waals surface area contributed by atoms with Crippen LogP contribution in [0.2, 0.25) is 0 Å². The van der Waals surface area contributed by atoms with E-state index in [9.17, 15) is 0 Å². The van der Waals surface area contributed by atoms with Crippen molar-refractivity contribution in [2.75, 3.05) is 0 Å². The van der Waals surface area contributed by atoms with Gasteiger partial charge >= 0.3 is 0 Å². The molecule has 0 aliphatic carbocycles. The van der Waals surface area contributed by atoms with Gasteiger partial charge < -0.3 is 0 Å². The van der Waals surface area contributed by atoms with E-state index < -0.39 is 0 Å². The van der Waals surface area contributed by atoms with Gasteiger partial charge in [0.1, 0.15) is 0 Å². The second-order valence-electron chi connectivity index (χ2n) is 12.2. The molecular weight excluding hydrogens is 384 g/mol. The fraction of sp³-hybridized carbons (Fsp3) is 0.438. The molecule has 0 saturated heterocycles. The third-order valence-corrected chi connectivity index (χ3v) is 6.84. The molecule has 3 aromatic carbocycles. The highest BCUT2D eigenvalue weighted by molar-refractivity contribution is 5.43. The number of benzene rings is 3. The summed E-state index contributed by atoms with van der Waals surface area (Å²) >= 11 is 0. The highest BCUT2D eigenvalue weighted by Crippen LogP contribution is 2.36. The summed E-state index contributed by atoms with van der Waals surface area (Å²) in [4.78, 5) is 0. The van der Waals surface area contributed by atoms with E-state index in [2.05, 4.69) is 129 Å². The van der Waals surface area contributed by atoms with Gasteiger partial charge in [-0.15, -0.1) is 0 Å². The van der Waals surface area contributed by atoms with Crippen LogP contribution in [0.3, 0.4) is 0 Å². The summed E-state index contributed by atoms with van der Waals surface area (Å²) in [5, 5.41) is 0. The lowest BCUT2D eigenvalue weighted by Crippen LogP contribution is -2.25. The molecule has 3 aromatic rings. The summed E-state index contributed by atoms with van der Waals surface area (Å²) < 4.78 is 0. The van der Waals surface area contributed by atoms with Gasteiger partial charge in [-0.2, -0.15) is 0 Å². The van der Waals surface area contributed by atoms with E-state index >= 15 is 0 Å². The molecule has 0 atom stereocenters. The molecule has 32 heavy (non-hydrogen) atoms. The third kappa shape index (κ3) is 5.71. The molecule has 0 aliphatic rings. The van der Waals surface area contributed by atoms with E-state index in [4.69, 9.17) is 0 Å². The molecule has 0 heterocycles. The number of aryl methyl sites for hydroxylation is 1. The zero-order chi connectivity index (χ0) is 23.7. The molecule has 3 rings (SSSR count). The fourth-order valence-corrected chi connectivity index (χ4v) is 4.38. The summed E-state index contributed by atoms with van der Waals surface area (Å²) in [6, 6.07) is 25.1. The Morgan fingerprint density at radius 1 is 0.531 bits per heavy atom. The molecule has 0 nitrogen and oxygen atoms in total. The highest BCUT2D eigenvalue weighted by Gasteiger charge is 2.27. The summed E-state index contributed by atoms with van der Waals surface area (Å²) in [5.41, 5.74) is 10.3. The van der Waals surface area contributed by atoms with Gasteiger partial charge in [-0.25, -0.2) is 0 Å². The van der Waals surface area contributed by atoms with Crippen LogP contribution in [-0.2, 0) is 29.1 Å². The molecule has 0 spiro atoms. The Bertz CT molecular complexity index is 1040. The topological polar surface area (TPSA) is 0 Å². The second kappa shape index (κ2) is 8.89. The minimum absolute atomic E-state index is 0.0447. The van der Waals surface area contributed by atoms with E-state index in [1.807, 2.05) is 0 Å². The second-order valence-corrected chi connectivity index (χ2v) is 12.2. The molecule has 0 saturated carbocycles. The average molecular weight is 427 g/mol. The molecule has 0 N–H and O–H groups in total. The van der Waals surface area contributed by atoms with E-state index in [1.165, 1.54) is 38.9 Å². The summed E-state index contributed by atoms with van der Waals surface area (Å²) in [7, 11) is 0. The SMILES string of the molecule is Cc1ccccc1Cc1ccccc1CC(C)(C)c1cc(C(C)(C)C)cc(C(C)(C)C)c1. The van der Waals surface area contributed by atoms with Crippen molar-refractivity contribution in [3.63, 3.8) is 0 Å². The Labute approximate surface area is 197 Å². The van der Waals surface area contributed by atoms with Crippen molar-refractivity contribution in [3.8, 4) is 0 Å². The average Bonchev–Trinajstić information content (AvgIpc) is 2.69. The van der Waals surface area contributed by atoms with Gasteiger partial charge in [-0.3, -0.25) is 0 Å². The van der Waals surface area contributed by atoms with Gasteiger partial charge in [-0.1, -0.05) is 122 Å². The van der Waals surface area contributed by atoms with Gasteiger partial charge in [0.05, 0.1) is 0 Å². The fourth-order valence-electron chi connectivity index (χ4n) is 4.38. The molecule has 0 aliphatic heterocycles. The van der Waals surface area contributed by atoms with Crippen molar-refractivity contribution < 1.29 is 0 Å². The van der Waals surface area contributed by atoms with Crippen LogP contribution in [0, 0.1) is 6.92 Å². The Hall–Kier alpha value is -2.34. The van der Waals surface area contributed by atoms with E-state index in [-0.39, 0.29) is 16.2 Å². The Morgan fingerprint density at radius 3 is 1.47 bits per heavy atom. The van der Waals surface area contributed by atoms with Gasteiger partial charge in [0, 0.05) is 0 Å². The van der Waals surface area contributed by atoms with Crippen LogP contribution in [0.15, 0.2) is 66.7 Å².